The molecule has 0 heterocycles. The van der Waals surface area contributed by atoms with Gasteiger partial charge in [-0.05, 0) is 42.3 Å². The van der Waals surface area contributed by atoms with Crippen LogP contribution in [-0.4, -0.2) is 27.3 Å². The minimum atomic E-state index is -3.35. The van der Waals surface area contributed by atoms with E-state index in [0.29, 0.717) is 11.4 Å². The fourth-order valence-electron chi connectivity index (χ4n) is 3.08. The number of benzene rings is 2. The van der Waals surface area contributed by atoms with Gasteiger partial charge in [-0.3, -0.25) is 0 Å². The Labute approximate surface area is 130 Å². The third-order valence-corrected chi connectivity index (χ3v) is 6.59. The van der Waals surface area contributed by atoms with E-state index < -0.39 is 15.1 Å². The molecule has 3 rings (SSSR count). The van der Waals surface area contributed by atoms with Gasteiger partial charge in [0.1, 0.15) is 5.75 Å². The predicted molar refractivity (Wildman–Crippen MR) is 85.7 cm³/mol. The summed E-state index contributed by atoms with van der Waals surface area (Å²) in [4.78, 5) is 0.370. The summed E-state index contributed by atoms with van der Waals surface area (Å²) < 4.78 is 30.7. The molecule has 22 heavy (non-hydrogen) atoms. The number of nitrogens with two attached hydrogens (primary N) is 1. The molecule has 4 nitrogen and oxygen atoms in total. The molecule has 0 spiro atoms. The van der Waals surface area contributed by atoms with E-state index in [1.54, 1.807) is 31.4 Å². The van der Waals surface area contributed by atoms with E-state index >= 15 is 0 Å². The van der Waals surface area contributed by atoms with Crippen LogP contribution in [0.2, 0.25) is 0 Å². The Morgan fingerprint density at radius 2 is 1.68 bits per heavy atom. The second-order valence-electron chi connectivity index (χ2n) is 5.52. The van der Waals surface area contributed by atoms with Gasteiger partial charge in [-0.2, -0.15) is 0 Å². The van der Waals surface area contributed by atoms with Gasteiger partial charge in [0.25, 0.3) is 0 Å². The summed E-state index contributed by atoms with van der Waals surface area (Å²) in [6.07, 6.45) is 0. The maximum Gasteiger partial charge on any atom is 0.182 e. The van der Waals surface area contributed by atoms with Crippen LogP contribution in [0.4, 0.5) is 0 Å². The van der Waals surface area contributed by atoms with E-state index in [9.17, 15) is 8.42 Å². The quantitative estimate of drug-likeness (QED) is 0.918. The lowest BCUT2D eigenvalue weighted by Gasteiger charge is -2.05. The molecule has 1 saturated carbocycles. The summed E-state index contributed by atoms with van der Waals surface area (Å²) in [5.74, 6) is 0.691. The fourth-order valence-corrected chi connectivity index (χ4v) is 5.32. The van der Waals surface area contributed by atoms with E-state index in [0.717, 1.165) is 11.3 Å². The average Bonchev–Trinajstić information content (AvgIpc) is 3.31. The standard InChI is InChI=1S/C17H19NO3S/c1-21-13-9-7-12(8-10-13)16-15(11-18)17(16)22(19,20)14-5-3-2-4-6-14/h2-10,15-17H,11,18H2,1H3/t15-,16-,17+/m1/s1. The van der Waals surface area contributed by atoms with Crippen LogP contribution in [0.3, 0.4) is 0 Å². The van der Waals surface area contributed by atoms with Crippen LogP contribution < -0.4 is 10.5 Å². The maximum absolute atomic E-state index is 12.8. The van der Waals surface area contributed by atoms with E-state index in [1.807, 2.05) is 30.3 Å². The second kappa shape index (κ2) is 5.74. The fraction of sp³-hybridized carbons (Fsp3) is 0.294. The molecule has 0 aromatic heterocycles. The summed E-state index contributed by atoms with van der Waals surface area (Å²) in [7, 11) is -1.74. The third-order valence-electron chi connectivity index (χ3n) is 4.30. The van der Waals surface area contributed by atoms with Gasteiger partial charge >= 0.3 is 0 Å². The van der Waals surface area contributed by atoms with Crippen LogP contribution in [0.15, 0.2) is 59.5 Å². The minimum absolute atomic E-state index is 0.0291. The zero-order valence-electron chi connectivity index (χ0n) is 12.3. The number of sulfone groups is 1. The second-order valence-corrected chi connectivity index (χ2v) is 7.63. The summed E-state index contributed by atoms with van der Waals surface area (Å²) >= 11 is 0. The van der Waals surface area contributed by atoms with Crippen molar-refractivity contribution < 1.29 is 13.2 Å². The third kappa shape index (κ3) is 2.51. The van der Waals surface area contributed by atoms with Gasteiger partial charge in [-0.1, -0.05) is 30.3 Å². The Morgan fingerprint density at radius 3 is 2.23 bits per heavy atom. The van der Waals surface area contributed by atoms with Crippen LogP contribution >= 0.6 is 0 Å². The molecule has 116 valence electrons. The lowest BCUT2D eigenvalue weighted by atomic mass is 10.1. The molecule has 0 saturated heterocycles. The van der Waals surface area contributed by atoms with E-state index in [4.69, 9.17) is 10.5 Å². The molecule has 5 heteroatoms. The van der Waals surface area contributed by atoms with Crippen molar-refractivity contribution in [3.8, 4) is 5.75 Å². The maximum atomic E-state index is 12.8. The molecule has 1 fully saturated rings. The number of hydrogen-bond donors (Lipinski definition) is 1. The molecular formula is C17H19NO3S. The smallest absolute Gasteiger partial charge is 0.182 e. The molecule has 2 aromatic rings. The first-order valence-electron chi connectivity index (χ1n) is 7.22. The number of hydrogen-bond acceptors (Lipinski definition) is 4. The summed E-state index contributed by atoms with van der Waals surface area (Å²) in [6.45, 7) is 0.368. The normalized spacial score (nSPS) is 24.0. The van der Waals surface area contributed by atoms with Crippen LogP contribution in [0, 0.1) is 5.92 Å². The minimum Gasteiger partial charge on any atom is -0.497 e. The Morgan fingerprint density at radius 1 is 1.05 bits per heavy atom. The van der Waals surface area contributed by atoms with Crippen molar-refractivity contribution in [2.24, 2.45) is 11.7 Å². The largest absolute Gasteiger partial charge is 0.497 e. The number of rotatable bonds is 5. The molecular weight excluding hydrogens is 298 g/mol. The van der Waals surface area contributed by atoms with Crippen molar-refractivity contribution in [1.82, 2.24) is 0 Å². The first kappa shape index (κ1) is 15.1. The highest BCUT2D eigenvalue weighted by molar-refractivity contribution is 7.92. The molecule has 0 aliphatic heterocycles. The molecule has 0 amide bonds. The van der Waals surface area contributed by atoms with Crippen molar-refractivity contribution >= 4 is 9.84 Å². The lowest BCUT2D eigenvalue weighted by molar-refractivity contribution is 0.414. The summed E-state index contributed by atoms with van der Waals surface area (Å²) in [5.41, 5.74) is 6.79. The zero-order chi connectivity index (χ0) is 15.7. The van der Waals surface area contributed by atoms with Gasteiger partial charge < -0.3 is 10.5 Å². The number of ether oxygens (including phenoxy) is 1. The van der Waals surface area contributed by atoms with Gasteiger partial charge in [0.2, 0.25) is 0 Å². The lowest BCUT2D eigenvalue weighted by Crippen LogP contribution is -2.13. The molecule has 0 bridgehead atoms. The molecule has 0 unspecified atom stereocenters. The van der Waals surface area contributed by atoms with Crippen molar-refractivity contribution in [2.45, 2.75) is 16.1 Å². The van der Waals surface area contributed by atoms with Crippen molar-refractivity contribution in [1.29, 1.82) is 0 Å². The highest BCUT2D eigenvalue weighted by Crippen LogP contribution is 2.53. The van der Waals surface area contributed by atoms with Crippen molar-refractivity contribution in [3.05, 3.63) is 60.2 Å². The van der Waals surface area contributed by atoms with Crippen LogP contribution in [0.25, 0.3) is 0 Å². The van der Waals surface area contributed by atoms with Gasteiger partial charge in [0.15, 0.2) is 9.84 Å². The van der Waals surface area contributed by atoms with Crippen LogP contribution in [0.5, 0.6) is 5.75 Å². The SMILES string of the molecule is COc1ccc([C@@H]2[C@@H](CN)[C@@H]2S(=O)(=O)c2ccccc2)cc1. The topological polar surface area (TPSA) is 69.4 Å². The van der Waals surface area contributed by atoms with Gasteiger partial charge in [-0.25, -0.2) is 8.42 Å². The van der Waals surface area contributed by atoms with Gasteiger partial charge in [0.05, 0.1) is 17.3 Å². The first-order chi connectivity index (χ1) is 10.6. The molecule has 2 N–H and O–H groups in total. The molecule has 1 aliphatic carbocycles. The molecule has 1 aliphatic rings. The van der Waals surface area contributed by atoms with E-state index in [2.05, 4.69) is 0 Å². The Balaban J connectivity index is 1.91. The monoisotopic (exact) mass is 317 g/mol. The van der Waals surface area contributed by atoms with Gasteiger partial charge in [-0.15, -0.1) is 0 Å². The van der Waals surface area contributed by atoms with Gasteiger partial charge in [0, 0.05) is 5.92 Å². The van der Waals surface area contributed by atoms with Crippen molar-refractivity contribution in [2.75, 3.05) is 13.7 Å². The highest BCUT2D eigenvalue weighted by Gasteiger charge is 2.57. The van der Waals surface area contributed by atoms with Crippen molar-refractivity contribution in [3.63, 3.8) is 0 Å². The molecule has 2 aromatic carbocycles. The highest BCUT2D eigenvalue weighted by atomic mass is 32.2. The molecule has 3 atom stereocenters. The summed E-state index contributed by atoms with van der Waals surface area (Å²) in [6, 6.07) is 16.1. The predicted octanol–water partition coefficient (Wildman–Crippen LogP) is 2.21. The van der Waals surface area contributed by atoms with Crippen LogP contribution in [0.1, 0.15) is 11.5 Å². The first-order valence-corrected chi connectivity index (χ1v) is 8.77. The number of methoxy groups -OCH3 is 1. The van der Waals surface area contributed by atoms with E-state index in [1.165, 1.54) is 0 Å². The van der Waals surface area contributed by atoms with E-state index in [-0.39, 0.29) is 11.8 Å². The Hall–Kier alpha value is -1.85. The van der Waals surface area contributed by atoms with Crippen LogP contribution in [-0.2, 0) is 9.84 Å². The summed E-state index contributed by atoms with van der Waals surface area (Å²) in [5, 5.41) is -0.437. The Bertz CT molecular complexity index is 741. The average molecular weight is 317 g/mol. The molecule has 0 radical (unpaired) electrons. The Kier molecular flexibility index (Phi) is 3.93. The zero-order valence-corrected chi connectivity index (χ0v) is 13.2.